The van der Waals surface area contributed by atoms with Gasteiger partial charge in [0.15, 0.2) is 0 Å². The first-order chi connectivity index (χ1) is 10.6. The molecule has 0 saturated carbocycles. The number of rotatable bonds is 3. The van der Waals surface area contributed by atoms with Crippen LogP contribution in [-0.2, 0) is 0 Å². The molecule has 0 aliphatic heterocycles. The van der Waals surface area contributed by atoms with Crippen LogP contribution < -0.4 is 5.32 Å². The molecule has 2 aromatic rings. The number of hydrogen-bond acceptors (Lipinski definition) is 3. The minimum Gasteiger partial charge on any atom is -0.393 e. The van der Waals surface area contributed by atoms with E-state index in [1.807, 2.05) is 0 Å². The van der Waals surface area contributed by atoms with Crippen LogP contribution in [0.4, 0.5) is 0 Å². The monoisotopic (exact) mass is 295 g/mol. The van der Waals surface area contributed by atoms with Crippen LogP contribution in [0.3, 0.4) is 0 Å². The van der Waals surface area contributed by atoms with Gasteiger partial charge in [-0.25, -0.2) is 0 Å². The molecule has 0 aliphatic rings. The molecule has 0 aliphatic carbocycles. The number of benzene rings is 2. The van der Waals surface area contributed by atoms with Crippen LogP contribution in [0.5, 0.6) is 0 Å². The fraction of sp³-hybridized carbons (Fsp3) is 0.167. The van der Waals surface area contributed by atoms with Crippen molar-refractivity contribution in [2.24, 2.45) is 0 Å². The highest BCUT2D eigenvalue weighted by Gasteiger charge is 2.04. The zero-order valence-electron chi connectivity index (χ0n) is 12.2. The van der Waals surface area contributed by atoms with Crippen molar-refractivity contribution in [3.63, 3.8) is 0 Å². The summed E-state index contributed by atoms with van der Waals surface area (Å²) in [4.78, 5) is 11.4. The van der Waals surface area contributed by atoms with Gasteiger partial charge in [0.1, 0.15) is 6.10 Å². The summed E-state index contributed by atoms with van der Waals surface area (Å²) in [5.74, 6) is 5.90. The molecule has 4 heteroatoms. The largest absolute Gasteiger partial charge is 0.393 e. The first-order valence-corrected chi connectivity index (χ1v) is 6.87. The van der Waals surface area contributed by atoms with Gasteiger partial charge in [-0.3, -0.25) is 4.79 Å². The summed E-state index contributed by atoms with van der Waals surface area (Å²) < 4.78 is 0. The Labute approximate surface area is 129 Å². The molecule has 0 unspecified atom stereocenters. The molecule has 0 fully saturated rings. The summed E-state index contributed by atoms with van der Waals surface area (Å²) in [6.07, 6.45) is -0.862. The van der Waals surface area contributed by atoms with Crippen LogP contribution in [0.25, 0.3) is 0 Å². The van der Waals surface area contributed by atoms with Crippen LogP contribution in [0.15, 0.2) is 48.5 Å². The van der Waals surface area contributed by atoms with Crippen molar-refractivity contribution in [2.75, 3.05) is 13.7 Å². The van der Waals surface area contributed by atoms with Crippen LogP contribution in [0.1, 0.15) is 33.2 Å². The average Bonchev–Trinajstić information content (AvgIpc) is 2.59. The third kappa shape index (κ3) is 3.95. The van der Waals surface area contributed by atoms with E-state index in [4.69, 9.17) is 5.11 Å². The highest BCUT2D eigenvalue weighted by Crippen LogP contribution is 2.12. The van der Waals surface area contributed by atoms with Crippen LogP contribution in [0.2, 0.25) is 0 Å². The second-order valence-electron chi connectivity index (χ2n) is 4.73. The minimum absolute atomic E-state index is 0.127. The quantitative estimate of drug-likeness (QED) is 0.751. The average molecular weight is 295 g/mol. The summed E-state index contributed by atoms with van der Waals surface area (Å²) in [5, 5.41) is 20.9. The van der Waals surface area contributed by atoms with Crippen LogP contribution in [0, 0.1) is 11.8 Å². The Hall–Kier alpha value is -2.61. The van der Waals surface area contributed by atoms with Crippen molar-refractivity contribution in [2.45, 2.75) is 6.10 Å². The fourth-order valence-electron chi connectivity index (χ4n) is 1.89. The van der Waals surface area contributed by atoms with Gasteiger partial charge < -0.3 is 15.5 Å². The number of aliphatic hydroxyl groups excluding tert-OH is 2. The van der Waals surface area contributed by atoms with Gasteiger partial charge in [0.25, 0.3) is 5.91 Å². The van der Waals surface area contributed by atoms with Gasteiger partial charge in [0, 0.05) is 23.7 Å². The Kier molecular flexibility index (Phi) is 5.31. The van der Waals surface area contributed by atoms with Crippen molar-refractivity contribution in [1.29, 1.82) is 0 Å². The number of carbonyl (C=O) groups is 1. The van der Waals surface area contributed by atoms with Gasteiger partial charge >= 0.3 is 0 Å². The lowest BCUT2D eigenvalue weighted by molar-refractivity contribution is 0.0956. The van der Waals surface area contributed by atoms with E-state index in [1.54, 1.807) is 55.6 Å². The topological polar surface area (TPSA) is 69.6 Å². The second kappa shape index (κ2) is 7.41. The number of nitrogens with one attached hydrogen (secondary N) is 1. The molecule has 112 valence electrons. The van der Waals surface area contributed by atoms with Crippen LogP contribution >= 0.6 is 0 Å². The molecule has 0 heterocycles. The van der Waals surface area contributed by atoms with E-state index >= 15 is 0 Å². The fourth-order valence-corrected chi connectivity index (χ4v) is 1.89. The number of hydrogen-bond donors (Lipinski definition) is 3. The molecular weight excluding hydrogens is 278 g/mol. The third-order valence-electron chi connectivity index (χ3n) is 3.19. The molecule has 0 radical (unpaired) electrons. The molecule has 22 heavy (non-hydrogen) atoms. The van der Waals surface area contributed by atoms with Crippen molar-refractivity contribution in [3.8, 4) is 11.8 Å². The standard InChI is InChI=1S/C18H17NO3/c1-19-18(22)16-10-6-14(7-11-16)3-2-13-4-8-15(9-5-13)17(21)12-20/h4-11,17,20-21H,12H2,1H3,(H,19,22)/t17-/m1/s1. The Balaban J connectivity index is 2.11. The molecule has 2 rings (SSSR count). The maximum atomic E-state index is 11.4. The molecular formula is C18H17NO3. The van der Waals surface area contributed by atoms with E-state index in [1.165, 1.54) is 0 Å². The maximum absolute atomic E-state index is 11.4. The molecule has 0 aromatic heterocycles. The van der Waals surface area contributed by atoms with E-state index in [-0.39, 0.29) is 12.5 Å². The van der Waals surface area contributed by atoms with E-state index in [9.17, 15) is 9.90 Å². The molecule has 0 bridgehead atoms. The minimum atomic E-state index is -0.862. The van der Waals surface area contributed by atoms with Crippen LogP contribution in [-0.4, -0.2) is 29.8 Å². The van der Waals surface area contributed by atoms with Crippen molar-refractivity contribution < 1.29 is 15.0 Å². The Morgan fingerprint density at radius 3 is 2.00 bits per heavy atom. The summed E-state index contributed by atoms with van der Waals surface area (Å²) in [7, 11) is 1.59. The van der Waals surface area contributed by atoms with E-state index in [2.05, 4.69) is 17.2 Å². The Bertz CT molecular complexity index is 694. The molecule has 1 amide bonds. The van der Waals surface area contributed by atoms with Gasteiger partial charge in [-0.15, -0.1) is 0 Å². The lowest BCUT2D eigenvalue weighted by atomic mass is 10.1. The van der Waals surface area contributed by atoms with Crippen molar-refractivity contribution in [1.82, 2.24) is 5.32 Å². The van der Waals surface area contributed by atoms with E-state index < -0.39 is 6.10 Å². The van der Waals surface area contributed by atoms with E-state index in [0.29, 0.717) is 11.1 Å². The molecule has 3 N–H and O–H groups in total. The predicted molar refractivity (Wildman–Crippen MR) is 84.3 cm³/mol. The zero-order valence-corrected chi connectivity index (χ0v) is 12.2. The van der Waals surface area contributed by atoms with Crippen molar-refractivity contribution >= 4 is 5.91 Å². The summed E-state index contributed by atoms with van der Waals surface area (Å²) in [6.45, 7) is -0.303. The van der Waals surface area contributed by atoms with Crippen molar-refractivity contribution in [3.05, 3.63) is 70.8 Å². The van der Waals surface area contributed by atoms with Gasteiger partial charge in [-0.05, 0) is 42.0 Å². The second-order valence-corrected chi connectivity index (χ2v) is 4.73. The smallest absolute Gasteiger partial charge is 0.251 e. The summed E-state index contributed by atoms with van der Waals surface area (Å²) >= 11 is 0. The van der Waals surface area contributed by atoms with Gasteiger partial charge in [-0.1, -0.05) is 24.0 Å². The number of aliphatic hydroxyl groups is 2. The number of amides is 1. The zero-order chi connectivity index (χ0) is 15.9. The third-order valence-corrected chi connectivity index (χ3v) is 3.19. The van der Waals surface area contributed by atoms with E-state index in [0.717, 1.165) is 11.1 Å². The van der Waals surface area contributed by atoms with Gasteiger partial charge in [-0.2, -0.15) is 0 Å². The highest BCUT2D eigenvalue weighted by atomic mass is 16.3. The lowest BCUT2D eigenvalue weighted by Crippen LogP contribution is -2.17. The normalized spacial score (nSPS) is 11.2. The summed E-state index contributed by atoms with van der Waals surface area (Å²) in [6, 6.07) is 14.1. The number of carbonyl (C=O) groups excluding carboxylic acids is 1. The maximum Gasteiger partial charge on any atom is 0.251 e. The van der Waals surface area contributed by atoms with Gasteiger partial charge in [0.05, 0.1) is 6.61 Å². The first kappa shape index (κ1) is 15.8. The molecule has 0 spiro atoms. The SMILES string of the molecule is CNC(=O)c1ccc(C#Cc2ccc([C@H](O)CO)cc2)cc1. The molecule has 4 nitrogen and oxygen atoms in total. The first-order valence-electron chi connectivity index (χ1n) is 6.87. The molecule has 0 saturated heterocycles. The van der Waals surface area contributed by atoms with Gasteiger partial charge in [0.2, 0.25) is 0 Å². The molecule has 2 aromatic carbocycles. The summed E-state index contributed by atoms with van der Waals surface area (Å²) in [5.41, 5.74) is 2.87. The lowest BCUT2D eigenvalue weighted by Gasteiger charge is -2.06. The Morgan fingerprint density at radius 1 is 1.05 bits per heavy atom. The highest BCUT2D eigenvalue weighted by molar-refractivity contribution is 5.94. The molecule has 1 atom stereocenters. The predicted octanol–water partition coefficient (Wildman–Crippen LogP) is 1.47. The Morgan fingerprint density at radius 2 is 1.55 bits per heavy atom.